The molecule has 1 aliphatic rings. The second-order valence-corrected chi connectivity index (χ2v) is 7.07. The quantitative estimate of drug-likeness (QED) is 0.605. The number of amides is 2. The number of benzene rings is 3. The minimum atomic E-state index is -0.409. The third-order valence-electron chi connectivity index (χ3n) is 5.16. The molecule has 1 aliphatic heterocycles. The van der Waals surface area contributed by atoms with Crippen molar-refractivity contribution in [2.45, 2.75) is 6.92 Å². The van der Waals surface area contributed by atoms with E-state index in [9.17, 15) is 9.59 Å². The van der Waals surface area contributed by atoms with E-state index in [-0.39, 0.29) is 11.6 Å². The van der Waals surface area contributed by atoms with Gasteiger partial charge in [-0.25, -0.2) is 4.90 Å². The van der Waals surface area contributed by atoms with Crippen LogP contribution < -0.4 is 19.7 Å². The fourth-order valence-corrected chi connectivity index (χ4v) is 3.55. The van der Waals surface area contributed by atoms with Crippen molar-refractivity contribution in [1.29, 1.82) is 0 Å². The molecule has 0 saturated heterocycles. The van der Waals surface area contributed by atoms with Crippen molar-refractivity contribution >= 4 is 28.8 Å². The molecule has 0 fully saturated rings. The summed E-state index contributed by atoms with van der Waals surface area (Å²) in [5, 5.41) is 3.15. The molecule has 4 rings (SSSR count). The van der Waals surface area contributed by atoms with Gasteiger partial charge in [0.15, 0.2) is 0 Å². The zero-order valence-corrected chi connectivity index (χ0v) is 17.5. The number of para-hydroxylation sites is 1. The Morgan fingerprint density at radius 3 is 2.16 bits per heavy atom. The molecule has 6 nitrogen and oxygen atoms in total. The number of anilines is 2. The van der Waals surface area contributed by atoms with Crippen molar-refractivity contribution < 1.29 is 19.1 Å². The molecule has 0 saturated carbocycles. The maximum absolute atomic E-state index is 13.5. The first-order valence-corrected chi connectivity index (χ1v) is 9.77. The SMILES string of the molecule is COc1ccc(C2=C(Nc3cccc(OC)c3)C(=O)N(c3ccccc3C)C2=O)cc1. The van der Waals surface area contributed by atoms with E-state index in [2.05, 4.69) is 5.32 Å². The van der Waals surface area contributed by atoms with E-state index in [0.29, 0.717) is 34.0 Å². The minimum Gasteiger partial charge on any atom is -0.497 e. The average molecular weight is 414 g/mol. The smallest absolute Gasteiger partial charge is 0.282 e. The summed E-state index contributed by atoms with van der Waals surface area (Å²) in [6.45, 7) is 1.87. The van der Waals surface area contributed by atoms with Gasteiger partial charge in [0.05, 0.1) is 25.5 Å². The van der Waals surface area contributed by atoms with Crippen LogP contribution in [0.5, 0.6) is 11.5 Å². The molecule has 1 N–H and O–H groups in total. The molecule has 0 unspecified atom stereocenters. The highest BCUT2D eigenvalue weighted by atomic mass is 16.5. The zero-order valence-electron chi connectivity index (χ0n) is 17.5. The standard InChI is InChI=1S/C25H22N2O4/c1-16-7-4-5-10-21(16)27-24(28)22(17-11-13-19(30-2)14-12-17)23(25(27)29)26-18-8-6-9-20(15-18)31-3/h4-15,26H,1-3H3. The molecule has 0 atom stereocenters. The fourth-order valence-electron chi connectivity index (χ4n) is 3.55. The van der Waals surface area contributed by atoms with Crippen molar-refractivity contribution in [1.82, 2.24) is 0 Å². The molecule has 2 amide bonds. The van der Waals surface area contributed by atoms with E-state index in [1.165, 1.54) is 4.90 Å². The van der Waals surface area contributed by atoms with E-state index < -0.39 is 5.91 Å². The van der Waals surface area contributed by atoms with Crippen LogP contribution >= 0.6 is 0 Å². The third-order valence-corrected chi connectivity index (χ3v) is 5.16. The summed E-state index contributed by atoms with van der Waals surface area (Å²) in [7, 11) is 3.15. The predicted molar refractivity (Wildman–Crippen MR) is 120 cm³/mol. The summed E-state index contributed by atoms with van der Waals surface area (Å²) in [5.74, 6) is 0.520. The van der Waals surface area contributed by atoms with Crippen LogP contribution in [0.4, 0.5) is 11.4 Å². The van der Waals surface area contributed by atoms with Crippen molar-refractivity contribution in [3.8, 4) is 11.5 Å². The Balaban J connectivity index is 1.83. The lowest BCUT2D eigenvalue weighted by Crippen LogP contribution is -2.33. The van der Waals surface area contributed by atoms with Crippen LogP contribution in [0.25, 0.3) is 5.57 Å². The summed E-state index contributed by atoms with van der Waals surface area (Å²) in [4.78, 5) is 28.2. The second kappa shape index (κ2) is 8.36. The first-order chi connectivity index (χ1) is 15.0. The van der Waals surface area contributed by atoms with E-state index in [0.717, 1.165) is 5.56 Å². The molecule has 31 heavy (non-hydrogen) atoms. The van der Waals surface area contributed by atoms with Crippen LogP contribution in [0.3, 0.4) is 0 Å². The molecule has 6 heteroatoms. The molecule has 1 heterocycles. The summed E-state index contributed by atoms with van der Waals surface area (Å²) >= 11 is 0. The second-order valence-electron chi connectivity index (χ2n) is 7.07. The Morgan fingerprint density at radius 1 is 0.774 bits per heavy atom. The molecule has 0 bridgehead atoms. The highest BCUT2D eigenvalue weighted by Gasteiger charge is 2.40. The Bertz CT molecular complexity index is 1180. The summed E-state index contributed by atoms with van der Waals surface area (Å²) < 4.78 is 10.5. The van der Waals surface area contributed by atoms with E-state index >= 15 is 0 Å². The third kappa shape index (κ3) is 3.75. The van der Waals surface area contributed by atoms with Crippen molar-refractivity contribution in [2.24, 2.45) is 0 Å². The van der Waals surface area contributed by atoms with Gasteiger partial charge in [-0.2, -0.15) is 0 Å². The number of imide groups is 1. The van der Waals surface area contributed by atoms with Crippen molar-refractivity contribution in [3.05, 3.63) is 89.6 Å². The van der Waals surface area contributed by atoms with Gasteiger partial charge >= 0.3 is 0 Å². The fraction of sp³-hybridized carbons (Fsp3) is 0.120. The first-order valence-electron chi connectivity index (χ1n) is 9.77. The molecular formula is C25H22N2O4. The molecule has 0 aromatic heterocycles. The van der Waals surface area contributed by atoms with Crippen molar-refractivity contribution in [2.75, 3.05) is 24.4 Å². The first kappa shape index (κ1) is 20.2. The van der Waals surface area contributed by atoms with Crippen LogP contribution in [0.2, 0.25) is 0 Å². The Hall–Kier alpha value is -4.06. The summed E-state index contributed by atoms with van der Waals surface area (Å²) in [6.07, 6.45) is 0. The number of carbonyl (C=O) groups excluding carboxylic acids is 2. The lowest BCUT2D eigenvalue weighted by Gasteiger charge is -2.17. The number of hydrogen-bond donors (Lipinski definition) is 1. The largest absolute Gasteiger partial charge is 0.497 e. The predicted octanol–water partition coefficient (Wildman–Crippen LogP) is 4.41. The number of methoxy groups -OCH3 is 2. The highest BCUT2D eigenvalue weighted by Crippen LogP contribution is 2.35. The van der Waals surface area contributed by atoms with Crippen molar-refractivity contribution in [3.63, 3.8) is 0 Å². The number of nitrogens with one attached hydrogen (secondary N) is 1. The van der Waals surface area contributed by atoms with Crippen LogP contribution in [0.1, 0.15) is 11.1 Å². The maximum Gasteiger partial charge on any atom is 0.282 e. The van der Waals surface area contributed by atoms with E-state index in [1.807, 2.05) is 43.3 Å². The normalized spacial score (nSPS) is 13.6. The van der Waals surface area contributed by atoms with Crippen LogP contribution in [-0.4, -0.2) is 26.0 Å². The Morgan fingerprint density at radius 2 is 1.48 bits per heavy atom. The van der Waals surface area contributed by atoms with Gasteiger partial charge in [-0.05, 0) is 48.4 Å². The Labute approximate surface area is 180 Å². The van der Waals surface area contributed by atoms with Gasteiger partial charge in [0.1, 0.15) is 17.2 Å². The zero-order chi connectivity index (χ0) is 22.0. The lowest BCUT2D eigenvalue weighted by atomic mass is 10.0. The van der Waals surface area contributed by atoms with Gasteiger partial charge in [0.25, 0.3) is 11.8 Å². The van der Waals surface area contributed by atoms with Crippen LogP contribution in [0, 0.1) is 6.92 Å². The van der Waals surface area contributed by atoms with Crippen LogP contribution in [0.15, 0.2) is 78.5 Å². The van der Waals surface area contributed by atoms with Gasteiger partial charge < -0.3 is 14.8 Å². The Kier molecular flexibility index (Phi) is 5.45. The molecule has 156 valence electrons. The topological polar surface area (TPSA) is 67.9 Å². The summed E-state index contributed by atoms with van der Waals surface area (Å²) in [6, 6.07) is 21.6. The molecule has 0 spiro atoms. The number of carbonyl (C=O) groups is 2. The van der Waals surface area contributed by atoms with Gasteiger partial charge in [-0.3, -0.25) is 9.59 Å². The van der Waals surface area contributed by atoms with Crippen LogP contribution in [-0.2, 0) is 9.59 Å². The average Bonchev–Trinajstić information content (AvgIpc) is 3.03. The van der Waals surface area contributed by atoms with E-state index in [4.69, 9.17) is 9.47 Å². The highest BCUT2D eigenvalue weighted by molar-refractivity contribution is 6.46. The van der Waals surface area contributed by atoms with Gasteiger partial charge in [0.2, 0.25) is 0 Å². The van der Waals surface area contributed by atoms with E-state index in [1.54, 1.807) is 50.6 Å². The summed E-state index contributed by atoms with van der Waals surface area (Å²) in [5.41, 5.74) is 3.19. The number of hydrogen-bond acceptors (Lipinski definition) is 5. The van der Waals surface area contributed by atoms with Gasteiger partial charge in [-0.1, -0.05) is 36.4 Å². The minimum absolute atomic E-state index is 0.215. The molecular weight excluding hydrogens is 392 g/mol. The molecule has 3 aromatic rings. The number of nitrogens with zero attached hydrogens (tertiary/aromatic N) is 1. The maximum atomic E-state index is 13.5. The monoisotopic (exact) mass is 414 g/mol. The number of rotatable bonds is 6. The molecule has 0 radical (unpaired) electrons. The molecule has 3 aromatic carbocycles. The molecule has 0 aliphatic carbocycles. The lowest BCUT2D eigenvalue weighted by molar-refractivity contribution is -0.120. The number of ether oxygens (including phenoxy) is 2. The number of aryl methyl sites for hydroxylation is 1. The van der Waals surface area contributed by atoms with Gasteiger partial charge in [-0.15, -0.1) is 0 Å². The van der Waals surface area contributed by atoms with Gasteiger partial charge in [0, 0.05) is 11.8 Å².